The Bertz CT molecular complexity index is 526. The molecule has 2 heterocycles. The van der Waals surface area contributed by atoms with Crippen molar-refractivity contribution in [2.75, 3.05) is 13.2 Å². The number of ether oxygens (including phenoxy) is 2. The van der Waals surface area contributed by atoms with Gasteiger partial charge in [-0.15, -0.1) is 0 Å². The van der Waals surface area contributed by atoms with Gasteiger partial charge < -0.3 is 50.7 Å². The van der Waals surface area contributed by atoms with Crippen LogP contribution in [0.1, 0.15) is 13.8 Å². The van der Waals surface area contributed by atoms with E-state index >= 15 is 0 Å². The third-order valence-corrected chi connectivity index (χ3v) is 4.44. The van der Waals surface area contributed by atoms with Gasteiger partial charge in [0.1, 0.15) is 36.5 Å². The summed E-state index contributed by atoms with van der Waals surface area (Å²) in [6, 6.07) is -2.44. The molecule has 0 aromatic carbocycles. The highest BCUT2D eigenvalue weighted by Crippen LogP contribution is 2.23. The second-order valence-electron chi connectivity index (χ2n) is 6.82. The standard InChI is InChI=1S/2C8H14FNO5/c2*1-3(12)10-6-7(13)5(9)4(2-11)15-8(6)14/h2*4-8,11,13-14H,2H2,1H3,(H,10,12)/t2*4-,5-,6+,7+,8?/m11/s1. The molecule has 2 rings (SSSR count). The number of aliphatic hydroxyl groups excluding tert-OH is 6. The largest absolute Gasteiger partial charge is 0.394 e. The van der Waals surface area contributed by atoms with Gasteiger partial charge in [-0.25, -0.2) is 8.78 Å². The molecule has 0 radical (unpaired) electrons. The highest BCUT2D eigenvalue weighted by Gasteiger charge is 2.46. The van der Waals surface area contributed by atoms with Gasteiger partial charge in [0.05, 0.1) is 13.2 Å². The third-order valence-electron chi connectivity index (χ3n) is 4.44. The predicted molar refractivity (Wildman–Crippen MR) is 92.9 cm³/mol. The fourth-order valence-corrected chi connectivity index (χ4v) is 2.92. The SMILES string of the molecule is CC(=O)N[C@@H]1C(O)O[C@H](CO)[C@@H](F)[C@@H]1O.CC(=O)N[C@@H]1C(O)O[C@H](CO)[C@@H](F)[C@@H]1O. The third kappa shape index (κ3) is 6.75. The molecule has 12 nitrogen and oxygen atoms in total. The second kappa shape index (κ2) is 11.8. The molecule has 2 aliphatic heterocycles. The number of amides is 2. The molecular weight excluding hydrogens is 418 g/mol. The summed E-state index contributed by atoms with van der Waals surface area (Å²) < 4.78 is 36.0. The van der Waals surface area contributed by atoms with Gasteiger partial charge in [0.2, 0.25) is 11.8 Å². The Kier molecular flexibility index (Phi) is 10.4. The van der Waals surface area contributed by atoms with Crippen LogP contribution in [0.25, 0.3) is 0 Å². The Morgan fingerprint density at radius 2 is 1.07 bits per heavy atom. The van der Waals surface area contributed by atoms with Crippen molar-refractivity contribution in [2.24, 2.45) is 0 Å². The Hall–Kier alpha value is -1.52. The Balaban J connectivity index is 0.000000300. The van der Waals surface area contributed by atoms with Gasteiger partial charge in [0.15, 0.2) is 24.9 Å². The highest BCUT2D eigenvalue weighted by atomic mass is 19.1. The molecule has 0 bridgehead atoms. The first-order chi connectivity index (χ1) is 13.9. The van der Waals surface area contributed by atoms with E-state index in [9.17, 15) is 38.8 Å². The molecule has 0 aliphatic carbocycles. The molecule has 2 amide bonds. The van der Waals surface area contributed by atoms with E-state index in [0.29, 0.717) is 0 Å². The van der Waals surface area contributed by atoms with E-state index in [-0.39, 0.29) is 0 Å². The number of rotatable bonds is 4. The number of halogens is 2. The lowest BCUT2D eigenvalue weighted by molar-refractivity contribution is -0.240. The maximum absolute atomic E-state index is 13.3. The molecule has 8 N–H and O–H groups in total. The summed E-state index contributed by atoms with van der Waals surface area (Å²) in [7, 11) is 0. The fourth-order valence-electron chi connectivity index (χ4n) is 2.92. The van der Waals surface area contributed by atoms with Crippen molar-refractivity contribution in [3.63, 3.8) is 0 Å². The van der Waals surface area contributed by atoms with E-state index < -0.39 is 86.5 Å². The van der Waals surface area contributed by atoms with Crippen molar-refractivity contribution in [3.8, 4) is 0 Å². The normalized spacial score (nSPS) is 41.3. The molecule has 2 saturated heterocycles. The predicted octanol–water partition coefficient (Wildman–Crippen LogP) is -4.20. The van der Waals surface area contributed by atoms with Crippen LogP contribution >= 0.6 is 0 Å². The summed E-state index contributed by atoms with van der Waals surface area (Å²) >= 11 is 0. The molecule has 0 spiro atoms. The van der Waals surface area contributed by atoms with Gasteiger partial charge in [-0.05, 0) is 0 Å². The molecule has 2 aliphatic rings. The van der Waals surface area contributed by atoms with Crippen molar-refractivity contribution >= 4 is 11.8 Å². The van der Waals surface area contributed by atoms with Crippen LogP contribution in [0.3, 0.4) is 0 Å². The molecule has 14 heteroatoms. The lowest BCUT2D eigenvalue weighted by Gasteiger charge is -2.38. The molecule has 2 unspecified atom stereocenters. The van der Waals surface area contributed by atoms with Crippen LogP contribution in [0.15, 0.2) is 0 Å². The summed E-state index contributed by atoms with van der Waals surface area (Å²) in [5.74, 6) is -1.03. The molecular formula is C16H28F2N2O10. The first kappa shape index (κ1) is 26.5. The summed E-state index contributed by atoms with van der Waals surface area (Å²) in [5.41, 5.74) is 0. The summed E-state index contributed by atoms with van der Waals surface area (Å²) in [6.07, 6.45) is -12.5. The number of nitrogens with one attached hydrogen (secondary N) is 2. The first-order valence-electron chi connectivity index (χ1n) is 9.01. The minimum atomic E-state index is -1.85. The molecule has 0 aromatic heterocycles. The number of aliphatic hydroxyl groups is 6. The Morgan fingerprint density at radius 1 is 0.767 bits per heavy atom. The smallest absolute Gasteiger partial charge is 0.217 e. The monoisotopic (exact) mass is 446 g/mol. The Morgan fingerprint density at radius 3 is 1.30 bits per heavy atom. The molecule has 0 aromatic rings. The van der Waals surface area contributed by atoms with Crippen molar-refractivity contribution in [2.45, 2.75) is 75.3 Å². The van der Waals surface area contributed by atoms with E-state index in [2.05, 4.69) is 20.1 Å². The van der Waals surface area contributed by atoms with Gasteiger partial charge in [-0.2, -0.15) is 0 Å². The average molecular weight is 446 g/mol. The summed E-state index contributed by atoms with van der Waals surface area (Å²) in [4.78, 5) is 21.4. The van der Waals surface area contributed by atoms with Crippen LogP contribution in [-0.4, -0.2) is 117 Å². The topological polar surface area (TPSA) is 198 Å². The van der Waals surface area contributed by atoms with Crippen LogP contribution in [0.4, 0.5) is 8.78 Å². The molecule has 2 fully saturated rings. The minimum absolute atomic E-state index is 0.517. The van der Waals surface area contributed by atoms with E-state index in [1.54, 1.807) is 0 Å². The second-order valence-corrected chi connectivity index (χ2v) is 6.82. The van der Waals surface area contributed by atoms with E-state index in [1.165, 1.54) is 13.8 Å². The lowest BCUT2D eigenvalue weighted by atomic mass is 9.98. The minimum Gasteiger partial charge on any atom is -0.394 e. The zero-order valence-electron chi connectivity index (χ0n) is 16.3. The van der Waals surface area contributed by atoms with Gasteiger partial charge in [0, 0.05) is 13.8 Å². The van der Waals surface area contributed by atoms with E-state index in [4.69, 9.17) is 10.2 Å². The maximum atomic E-state index is 13.3. The van der Waals surface area contributed by atoms with E-state index in [0.717, 1.165) is 0 Å². The molecule has 0 saturated carbocycles. The highest BCUT2D eigenvalue weighted by molar-refractivity contribution is 5.73. The maximum Gasteiger partial charge on any atom is 0.217 e. The van der Waals surface area contributed by atoms with Crippen molar-refractivity contribution in [3.05, 3.63) is 0 Å². The molecule has 176 valence electrons. The number of alkyl halides is 2. The van der Waals surface area contributed by atoms with Gasteiger partial charge in [-0.3, -0.25) is 9.59 Å². The van der Waals surface area contributed by atoms with Crippen molar-refractivity contribution in [1.82, 2.24) is 10.6 Å². The quantitative estimate of drug-likeness (QED) is 0.209. The Labute approximate surface area is 170 Å². The van der Waals surface area contributed by atoms with Gasteiger partial charge in [-0.1, -0.05) is 0 Å². The molecule has 10 atom stereocenters. The zero-order chi connectivity index (χ0) is 23.2. The number of hydrogen-bond donors (Lipinski definition) is 8. The van der Waals surface area contributed by atoms with Crippen LogP contribution in [-0.2, 0) is 19.1 Å². The van der Waals surface area contributed by atoms with Crippen LogP contribution < -0.4 is 10.6 Å². The molecule has 30 heavy (non-hydrogen) atoms. The zero-order valence-corrected chi connectivity index (χ0v) is 16.3. The summed E-state index contributed by atoms with van der Waals surface area (Å²) in [5, 5.41) is 59.2. The number of hydrogen-bond acceptors (Lipinski definition) is 10. The average Bonchev–Trinajstić information content (AvgIpc) is 2.68. The van der Waals surface area contributed by atoms with Crippen LogP contribution in [0, 0.1) is 0 Å². The fraction of sp³-hybridized carbons (Fsp3) is 0.875. The van der Waals surface area contributed by atoms with Crippen LogP contribution in [0.5, 0.6) is 0 Å². The summed E-state index contributed by atoms with van der Waals surface area (Å²) in [6.45, 7) is 1.04. The number of carbonyl (C=O) groups excluding carboxylic acids is 2. The van der Waals surface area contributed by atoms with Crippen molar-refractivity contribution < 1.29 is 58.5 Å². The van der Waals surface area contributed by atoms with Crippen molar-refractivity contribution in [1.29, 1.82) is 0 Å². The number of carbonyl (C=O) groups is 2. The first-order valence-corrected chi connectivity index (χ1v) is 9.01. The van der Waals surface area contributed by atoms with Gasteiger partial charge in [0.25, 0.3) is 0 Å². The van der Waals surface area contributed by atoms with E-state index in [1.807, 2.05) is 0 Å². The lowest BCUT2D eigenvalue weighted by Crippen LogP contribution is -2.62. The van der Waals surface area contributed by atoms with Gasteiger partial charge >= 0.3 is 0 Å². The van der Waals surface area contributed by atoms with Crippen LogP contribution in [0.2, 0.25) is 0 Å².